The van der Waals surface area contributed by atoms with Gasteiger partial charge in [-0.05, 0) is 42.2 Å². The van der Waals surface area contributed by atoms with Crippen molar-refractivity contribution in [2.24, 2.45) is 5.92 Å². The van der Waals surface area contributed by atoms with Crippen LogP contribution in [0.15, 0.2) is 54.6 Å². The summed E-state index contributed by atoms with van der Waals surface area (Å²) in [4.78, 5) is 24.4. The van der Waals surface area contributed by atoms with E-state index in [2.05, 4.69) is 5.32 Å². The zero-order valence-corrected chi connectivity index (χ0v) is 15.7. The number of amides is 2. The molecule has 0 fully saturated rings. The van der Waals surface area contributed by atoms with Crippen molar-refractivity contribution >= 4 is 12.0 Å². The minimum absolute atomic E-state index is 0.0523. The fraction of sp³-hybridized carbons (Fsp3) is 0.333. The summed E-state index contributed by atoms with van der Waals surface area (Å²) < 4.78 is 10.8. The van der Waals surface area contributed by atoms with Crippen molar-refractivity contribution in [3.63, 3.8) is 0 Å². The van der Waals surface area contributed by atoms with Crippen molar-refractivity contribution in [1.29, 1.82) is 0 Å². The number of aliphatic hydroxyl groups excluding tert-OH is 2. The average Bonchev–Trinajstić information content (AvgIpc) is 2.71. The van der Waals surface area contributed by atoms with Gasteiger partial charge in [0.05, 0.1) is 6.61 Å². The molecule has 2 atom stereocenters. The smallest absolute Gasteiger partial charge is 0.414 e. The van der Waals surface area contributed by atoms with Gasteiger partial charge in [0.15, 0.2) is 0 Å². The molecule has 0 unspecified atom stereocenters. The Kier molecular flexibility index (Phi) is 8.45. The molecule has 2 aromatic carbocycles. The van der Waals surface area contributed by atoms with E-state index in [9.17, 15) is 14.7 Å². The number of aliphatic hydroxyl groups is 2. The second-order valence-corrected chi connectivity index (χ2v) is 6.28. The number of alkyl carbamates (subject to hydrolysis) is 1. The van der Waals surface area contributed by atoms with Crippen LogP contribution in [0.2, 0.25) is 0 Å². The second kappa shape index (κ2) is 11.1. The van der Waals surface area contributed by atoms with Crippen LogP contribution in [-0.2, 0) is 4.74 Å². The van der Waals surface area contributed by atoms with Crippen LogP contribution in [0.25, 0.3) is 0 Å². The molecule has 0 saturated heterocycles. The Bertz CT molecular complexity index is 747. The maximum atomic E-state index is 12.3. The number of rotatable bonds is 9. The van der Waals surface area contributed by atoms with Crippen molar-refractivity contribution in [3.05, 3.63) is 65.7 Å². The lowest BCUT2D eigenvalue weighted by molar-refractivity contribution is 0.0545. The third-order valence-corrected chi connectivity index (χ3v) is 4.16. The number of hydrogen-bond acceptors (Lipinski definition) is 6. The molecule has 0 saturated carbocycles. The molecule has 0 aliphatic carbocycles. The van der Waals surface area contributed by atoms with Gasteiger partial charge in [0.25, 0.3) is 5.91 Å². The van der Waals surface area contributed by atoms with Gasteiger partial charge < -0.3 is 19.7 Å². The summed E-state index contributed by atoms with van der Waals surface area (Å²) in [5.74, 6) is -0.145. The zero-order valence-electron chi connectivity index (χ0n) is 15.7. The van der Waals surface area contributed by atoms with Gasteiger partial charge in [0, 0.05) is 12.2 Å². The average molecular weight is 387 g/mol. The Morgan fingerprint density at radius 2 is 1.68 bits per heavy atom. The van der Waals surface area contributed by atoms with Gasteiger partial charge in [0.2, 0.25) is 0 Å². The van der Waals surface area contributed by atoms with Crippen LogP contribution in [0.1, 0.15) is 35.4 Å². The lowest BCUT2D eigenvalue weighted by atomic mass is 9.94. The van der Waals surface area contributed by atoms with Crippen LogP contribution >= 0.6 is 0 Å². The standard InChI is InChI=1S/C21H25NO6/c1-15(11-12-23)19(16-7-9-18(10-8-16)27-14-13-24)28-21(26)22-20(25)17-5-3-2-4-6-17/h2-10,15,19,23-24H,11-14H2,1H3,(H,22,25,26)/t15-,19-/m0/s1. The van der Waals surface area contributed by atoms with E-state index in [4.69, 9.17) is 14.6 Å². The van der Waals surface area contributed by atoms with Crippen LogP contribution in [-0.4, -0.2) is 42.0 Å². The van der Waals surface area contributed by atoms with Crippen LogP contribution < -0.4 is 10.1 Å². The molecule has 150 valence electrons. The molecule has 28 heavy (non-hydrogen) atoms. The maximum Gasteiger partial charge on any atom is 0.414 e. The predicted molar refractivity (Wildman–Crippen MR) is 103 cm³/mol. The number of imide groups is 1. The van der Waals surface area contributed by atoms with Gasteiger partial charge in [-0.2, -0.15) is 0 Å². The highest BCUT2D eigenvalue weighted by atomic mass is 16.6. The van der Waals surface area contributed by atoms with E-state index >= 15 is 0 Å². The second-order valence-electron chi connectivity index (χ2n) is 6.28. The number of benzene rings is 2. The molecule has 0 bridgehead atoms. The minimum Gasteiger partial charge on any atom is -0.491 e. The first-order valence-electron chi connectivity index (χ1n) is 9.06. The molecule has 7 nitrogen and oxygen atoms in total. The molecule has 0 radical (unpaired) electrons. The monoisotopic (exact) mass is 387 g/mol. The van der Waals surface area contributed by atoms with Crippen LogP contribution in [0, 0.1) is 5.92 Å². The molecule has 2 aromatic rings. The van der Waals surface area contributed by atoms with Crippen LogP contribution in [0.4, 0.5) is 4.79 Å². The van der Waals surface area contributed by atoms with E-state index in [-0.39, 0.29) is 25.7 Å². The molecule has 2 rings (SSSR count). The Morgan fingerprint density at radius 3 is 2.29 bits per heavy atom. The molecule has 0 heterocycles. The summed E-state index contributed by atoms with van der Waals surface area (Å²) in [7, 11) is 0. The molecule has 7 heteroatoms. The molecular weight excluding hydrogens is 362 g/mol. The number of ether oxygens (including phenoxy) is 2. The van der Waals surface area contributed by atoms with Gasteiger partial charge in [-0.3, -0.25) is 10.1 Å². The number of nitrogens with one attached hydrogen (secondary N) is 1. The highest BCUT2D eigenvalue weighted by molar-refractivity contribution is 6.02. The quantitative estimate of drug-likeness (QED) is 0.611. The zero-order chi connectivity index (χ0) is 20.4. The van der Waals surface area contributed by atoms with Crippen molar-refractivity contribution in [1.82, 2.24) is 5.32 Å². The third kappa shape index (κ3) is 6.37. The largest absolute Gasteiger partial charge is 0.491 e. The molecule has 0 aliphatic rings. The lowest BCUT2D eigenvalue weighted by Gasteiger charge is -2.24. The summed E-state index contributed by atoms with van der Waals surface area (Å²) in [6, 6.07) is 15.3. The first-order chi connectivity index (χ1) is 13.5. The molecule has 2 amide bonds. The fourth-order valence-electron chi connectivity index (χ4n) is 2.68. The molecule has 3 N–H and O–H groups in total. The molecule has 0 aromatic heterocycles. The first kappa shape index (κ1) is 21.4. The molecule has 0 spiro atoms. The Labute approximate surface area is 163 Å². The predicted octanol–water partition coefficient (Wildman–Crippen LogP) is 2.68. The van der Waals surface area contributed by atoms with Gasteiger partial charge in [-0.25, -0.2) is 4.79 Å². The van der Waals surface area contributed by atoms with Crippen molar-refractivity contribution in [3.8, 4) is 5.75 Å². The summed E-state index contributed by atoms with van der Waals surface area (Å²) in [5, 5.41) is 20.3. The van der Waals surface area contributed by atoms with E-state index < -0.39 is 18.1 Å². The summed E-state index contributed by atoms with van der Waals surface area (Å²) in [6.07, 6.45) is -1.08. The Balaban J connectivity index is 2.08. The lowest BCUT2D eigenvalue weighted by Crippen LogP contribution is -2.33. The summed E-state index contributed by atoms with van der Waals surface area (Å²) in [6.45, 7) is 1.90. The maximum absolute atomic E-state index is 12.3. The van der Waals surface area contributed by atoms with Gasteiger partial charge in [0.1, 0.15) is 18.5 Å². The number of hydrogen-bond donors (Lipinski definition) is 3. The van der Waals surface area contributed by atoms with Gasteiger partial charge >= 0.3 is 6.09 Å². The van der Waals surface area contributed by atoms with E-state index in [1.807, 2.05) is 6.92 Å². The highest BCUT2D eigenvalue weighted by Gasteiger charge is 2.24. The minimum atomic E-state index is -0.857. The van der Waals surface area contributed by atoms with E-state index in [0.29, 0.717) is 23.3 Å². The summed E-state index contributed by atoms with van der Waals surface area (Å²) >= 11 is 0. The van der Waals surface area contributed by atoms with Gasteiger partial charge in [-0.15, -0.1) is 0 Å². The third-order valence-electron chi connectivity index (χ3n) is 4.16. The van der Waals surface area contributed by atoms with E-state index in [1.54, 1.807) is 54.6 Å². The topological polar surface area (TPSA) is 105 Å². The molecular formula is C21H25NO6. The van der Waals surface area contributed by atoms with Crippen molar-refractivity contribution in [2.45, 2.75) is 19.4 Å². The van der Waals surface area contributed by atoms with E-state index in [0.717, 1.165) is 0 Å². The van der Waals surface area contributed by atoms with Crippen molar-refractivity contribution < 1.29 is 29.3 Å². The summed E-state index contributed by atoms with van der Waals surface area (Å²) in [5.41, 5.74) is 1.06. The molecule has 0 aliphatic heterocycles. The van der Waals surface area contributed by atoms with Crippen LogP contribution in [0.3, 0.4) is 0 Å². The number of carbonyl (C=O) groups is 2. The van der Waals surface area contributed by atoms with Crippen LogP contribution in [0.5, 0.6) is 5.75 Å². The SMILES string of the molecule is C[C@@H](CCO)[C@H](OC(=O)NC(=O)c1ccccc1)c1ccc(OCCO)cc1. The fourth-order valence-corrected chi connectivity index (χ4v) is 2.68. The Morgan fingerprint density at radius 1 is 1.00 bits per heavy atom. The number of carbonyl (C=O) groups excluding carboxylic acids is 2. The first-order valence-corrected chi connectivity index (χ1v) is 9.06. The Hall–Kier alpha value is -2.90. The van der Waals surface area contributed by atoms with Crippen molar-refractivity contribution in [2.75, 3.05) is 19.8 Å². The van der Waals surface area contributed by atoms with E-state index in [1.165, 1.54) is 0 Å². The highest BCUT2D eigenvalue weighted by Crippen LogP contribution is 2.29. The van der Waals surface area contributed by atoms with Gasteiger partial charge in [-0.1, -0.05) is 37.3 Å². The normalized spacial score (nSPS) is 12.7.